The molecular weight excluding hydrogens is 208 g/mol. The third kappa shape index (κ3) is 3.96. The molecule has 0 aromatic carbocycles. The van der Waals surface area contributed by atoms with Crippen molar-refractivity contribution in [2.24, 2.45) is 5.92 Å². The Bertz CT molecular complexity index is 211. The third-order valence-corrected chi connectivity index (χ3v) is 4.89. The first-order valence-corrected chi connectivity index (χ1v) is 7.73. The van der Waals surface area contributed by atoms with E-state index in [0.29, 0.717) is 0 Å². The minimum atomic E-state index is 0.751. The van der Waals surface area contributed by atoms with Crippen molar-refractivity contribution in [3.05, 3.63) is 0 Å². The van der Waals surface area contributed by atoms with Crippen molar-refractivity contribution < 1.29 is 0 Å². The largest absolute Gasteiger partial charge is 0.313 e. The van der Waals surface area contributed by atoms with Gasteiger partial charge in [-0.15, -0.1) is 0 Å². The van der Waals surface area contributed by atoms with Gasteiger partial charge in [0.15, 0.2) is 0 Å². The molecule has 1 aliphatic heterocycles. The maximum absolute atomic E-state index is 3.71. The highest BCUT2D eigenvalue weighted by Crippen LogP contribution is 2.24. The average Bonchev–Trinajstić information content (AvgIpc) is 2.40. The summed E-state index contributed by atoms with van der Waals surface area (Å²) >= 11 is 0. The van der Waals surface area contributed by atoms with Gasteiger partial charge in [0, 0.05) is 18.6 Å². The number of nitrogens with zero attached hydrogens (tertiary/aromatic N) is 1. The number of nitrogens with one attached hydrogen (secondary N) is 1. The number of hydrogen-bond donors (Lipinski definition) is 1. The molecule has 0 amide bonds. The Hall–Kier alpha value is -0.0800. The quantitative estimate of drug-likeness (QED) is 0.810. The van der Waals surface area contributed by atoms with Crippen LogP contribution in [-0.2, 0) is 0 Å². The van der Waals surface area contributed by atoms with Gasteiger partial charge in [0.25, 0.3) is 0 Å². The summed E-state index contributed by atoms with van der Waals surface area (Å²) in [5.74, 6) is 0.973. The molecule has 0 spiro atoms. The van der Waals surface area contributed by atoms with Crippen LogP contribution < -0.4 is 5.32 Å². The SMILES string of the molecule is CCC1CCNC(CN(C)C2CCCCC2)C1. The molecule has 2 atom stereocenters. The van der Waals surface area contributed by atoms with Crippen molar-refractivity contribution in [2.75, 3.05) is 20.1 Å². The summed E-state index contributed by atoms with van der Waals surface area (Å²) in [6.07, 6.45) is 11.4. The first kappa shape index (κ1) is 13.4. The van der Waals surface area contributed by atoms with E-state index in [1.165, 1.54) is 64.5 Å². The Labute approximate surface area is 107 Å². The lowest BCUT2D eigenvalue weighted by Gasteiger charge is -2.37. The lowest BCUT2D eigenvalue weighted by atomic mass is 9.89. The van der Waals surface area contributed by atoms with Gasteiger partial charge in [0.2, 0.25) is 0 Å². The first-order valence-electron chi connectivity index (χ1n) is 7.73. The van der Waals surface area contributed by atoms with Crippen LogP contribution in [0.15, 0.2) is 0 Å². The molecule has 2 nitrogen and oxygen atoms in total. The van der Waals surface area contributed by atoms with Crippen molar-refractivity contribution >= 4 is 0 Å². The fraction of sp³-hybridized carbons (Fsp3) is 1.00. The van der Waals surface area contributed by atoms with E-state index in [-0.39, 0.29) is 0 Å². The third-order valence-electron chi connectivity index (χ3n) is 4.89. The summed E-state index contributed by atoms with van der Waals surface area (Å²) in [4.78, 5) is 2.63. The molecule has 2 unspecified atom stereocenters. The molecule has 2 heteroatoms. The van der Waals surface area contributed by atoms with Gasteiger partial charge in [0.05, 0.1) is 0 Å². The van der Waals surface area contributed by atoms with E-state index in [9.17, 15) is 0 Å². The van der Waals surface area contributed by atoms with E-state index in [2.05, 4.69) is 24.2 Å². The monoisotopic (exact) mass is 238 g/mol. The smallest absolute Gasteiger partial charge is 0.0197 e. The van der Waals surface area contributed by atoms with Crippen LogP contribution in [0.5, 0.6) is 0 Å². The van der Waals surface area contributed by atoms with Crippen LogP contribution in [-0.4, -0.2) is 37.1 Å². The zero-order valence-electron chi connectivity index (χ0n) is 11.8. The Kier molecular flexibility index (Phi) is 5.30. The van der Waals surface area contributed by atoms with Gasteiger partial charge in [-0.2, -0.15) is 0 Å². The highest BCUT2D eigenvalue weighted by Gasteiger charge is 2.24. The van der Waals surface area contributed by atoms with Gasteiger partial charge in [-0.3, -0.25) is 0 Å². The Morgan fingerprint density at radius 2 is 1.88 bits per heavy atom. The zero-order valence-corrected chi connectivity index (χ0v) is 11.8. The molecule has 17 heavy (non-hydrogen) atoms. The van der Waals surface area contributed by atoms with Gasteiger partial charge in [-0.05, 0) is 45.2 Å². The zero-order chi connectivity index (χ0) is 12.1. The van der Waals surface area contributed by atoms with Crippen LogP contribution in [0.1, 0.15) is 58.3 Å². The molecule has 0 aromatic rings. The van der Waals surface area contributed by atoms with E-state index in [0.717, 1.165) is 18.0 Å². The normalized spacial score (nSPS) is 31.9. The molecule has 1 saturated heterocycles. The minimum absolute atomic E-state index is 0.751. The lowest BCUT2D eigenvalue weighted by Crippen LogP contribution is -2.47. The first-order chi connectivity index (χ1) is 8.29. The second-order valence-electron chi connectivity index (χ2n) is 6.18. The summed E-state index contributed by atoms with van der Waals surface area (Å²) in [5, 5.41) is 3.71. The van der Waals surface area contributed by atoms with Gasteiger partial charge in [-0.1, -0.05) is 32.6 Å². The second-order valence-corrected chi connectivity index (χ2v) is 6.18. The van der Waals surface area contributed by atoms with Crippen LogP contribution in [0.2, 0.25) is 0 Å². The Balaban J connectivity index is 1.74. The highest BCUT2D eigenvalue weighted by atomic mass is 15.2. The predicted molar refractivity (Wildman–Crippen MR) is 74.3 cm³/mol. The van der Waals surface area contributed by atoms with Crippen molar-refractivity contribution in [1.82, 2.24) is 10.2 Å². The molecule has 1 aliphatic carbocycles. The van der Waals surface area contributed by atoms with Crippen LogP contribution in [0.3, 0.4) is 0 Å². The summed E-state index contributed by atoms with van der Waals surface area (Å²) in [6, 6.07) is 1.62. The number of likely N-dealkylation sites (N-methyl/N-ethyl adjacent to an activating group) is 1. The molecular formula is C15H30N2. The summed E-state index contributed by atoms with van der Waals surface area (Å²) in [7, 11) is 2.34. The second kappa shape index (κ2) is 6.75. The van der Waals surface area contributed by atoms with Crippen LogP contribution in [0, 0.1) is 5.92 Å². The summed E-state index contributed by atoms with van der Waals surface area (Å²) < 4.78 is 0. The highest BCUT2D eigenvalue weighted by molar-refractivity contribution is 4.82. The number of rotatable bonds is 4. The van der Waals surface area contributed by atoms with Gasteiger partial charge < -0.3 is 10.2 Å². The fourth-order valence-corrected chi connectivity index (χ4v) is 3.62. The van der Waals surface area contributed by atoms with Crippen molar-refractivity contribution in [3.63, 3.8) is 0 Å². The number of piperidine rings is 1. The summed E-state index contributed by atoms with van der Waals surface area (Å²) in [5.41, 5.74) is 0. The average molecular weight is 238 g/mol. The van der Waals surface area contributed by atoms with Gasteiger partial charge in [0.1, 0.15) is 0 Å². The number of hydrogen-bond acceptors (Lipinski definition) is 2. The van der Waals surface area contributed by atoms with E-state index in [4.69, 9.17) is 0 Å². The van der Waals surface area contributed by atoms with Crippen LogP contribution >= 0.6 is 0 Å². The van der Waals surface area contributed by atoms with E-state index in [1.807, 2.05) is 0 Å². The molecule has 1 N–H and O–H groups in total. The van der Waals surface area contributed by atoms with Gasteiger partial charge >= 0.3 is 0 Å². The molecule has 0 aromatic heterocycles. The van der Waals surface area contributed by atoms with Crippen LogP contribution in [0.25, 0.3) is 0 Å². The maximum Gasteiger partial charge on any atom is 0.0197 e. The molecule has 0 bridgehead atoms. The minimum Gasteiger partial charge on any atom is -0.313 e. The van der Waals surface area contributed by atoms with E-state index < -0.39 is 0 Å². The van der Waals surface area contributed by atoms with Crippen LogP contribution in [0.4, 0.5) is 0 Å². The van der Waals surface area contributed by atoms with Crippen molar-refractivity contribution in [2.45, 2.75) is 70.4 Å². The Morgan fingerprint density at radius 3 is 2.59 bits per heavy atom. The molecule has 2 aliphatic rings. The van der Waals surface area contributed by atoms with E-state index in [1.54, 1.807) is 0 Å². The lowest BCUT2D eigenvalue weighted by molar-refractivity contribution is 0.154. The Morgan fingerprint density at radius 1 is 1.12 bits per heavy atom. The molecule has 1 saturated carbocycles. The molecule has 0 radical (unpaired) electrons. The topological polar surface area (TPSA) is 15.3 Å². The summed E-state index contributed by atoms with van der Waals surface area (Å²) in [6.45, 7) is 4.85. The molecule has 100 valence electrons. The molecule has 2 fully saturated rings. The van der Waals surface area contributed by atoms with E-state index >= 15 is 0 Å². The molecule has 2 rings (SSSR count). The molecule has 1 heterocycles. The van der Waals surface area contributed by atoms with Gasteiger partial charge in [-0.25, -0.2) is 0 Å². The fourth-order valence-electron chi connectivity index (χ4n) is 3.62. The predicted octanol–water partition coefficient (Wildman–Crippen LogP) is 3.03. The standard InChI is InChI=1S/C15H30N2/c1-3-13-9-10-16-14(11-13)12-17(2)15-7-5-4-6-8-15/h13-16H,3-12H2,1-2H3. The van der Waals surface area contributed by atoms with Crippen molar-refractivity contribution in [3.8, 4) is 0 Å². The van der Waals surface area contributed by atoms with Crippen molar-refractivity contribution in [1.29, 1.82) is 0 Å². The maximum atomic E-state index is 3.71.